The zero-order chi connectivity index (χ0) is 96.9. The number of halogens is 7. The molecule has 8 amide bonds. The Morgan fingerprint density at radius 1 is 0.441 bits per heavy atom. The zero-order valence-corrected chi connectivity index (χ0v) is 85.2. The fraction of sp³-hybridized carbons (Fsp3) is 0.494. The number of ether oxygens (including phenoxy) is 10. The number of primary amides is 1. The van der Waals surface area contributed by atoms with Gasteiger partial charge in [0, 0.05) is 83.6 Å². The Labute approximate surface area is 793 Å². The summed E-state index contributed by atoms with van der Waals surface area (Å²) < 4.78 is 56.9. The quantitative estimate of drug-likeness (QED) is 0.00682. The highest BCUT2D eigenvalue weighted by Crippen LogP contribution is 2.53. The summed E-state index contributed by atoms with van der Waals surface area (Å²) in [5.41, 5.74) is 17.7. The molecule has 5 aliphatic heterocycles. The van der Waals surface area contributed by atoms with E-state index in [4.69, 9.17) is 70.4 Å². The number of nitrogens with one attached hydrogen (secondary N) is 6. The Morgan fingerprint density at radius 2 is 0.748 bits per heavy atom. The topological polar surface area (TPSA) is 511 Å². The lowest BCUT2D eigenvalue weighted by atomic mass is 9.95. The first-order valence-electron chi connectivity index (χ1n) is 38.6. The van der Waals surface area contributed by atoms with E-state index in [-0.39, 0.29) is 107 Å². The number of carbonyl (C=O) groups excluding carboxylic acids is 12. The molecule has 127 heavy (non-hydrogen) atoms. The van der Waals surface area contributed by atoms with Crippen LogP contribution in [0.4, 0.5) is 61.7 Å². The predicted octanol–water partition coefficient (Wildman–Crippen LogP) is 15.9. The summed E-state index contributed by atoms with van der Waals surface area (Å²) in [4.78, 5) is 168. The van der Waals surface area contributed by atoms with E-state index in [1.54, 1.807) is 62.3 Å². The summed E-state index contributed by atoms with van der Waals surface area (Å²) in [6.07, 6.45) is -4.88. The van der Waals surface area contributed by atoms with E-state index < -0.39 is 110 Å². The van der Waals surface area contributed by atoms with Crippen LogP contribution in [0.25, 0.3) is 0 Å². The predicted molar refractivity (Wildman–Crippen MR) is 497 cm³/mol. The summed E-state index contributed by atoms with van der Waals surface area (Å²) in [7, 11) is 6.31. The molecule has 0 fully saturated rings. The Balaban J connectivity index is 0.000000245. The molecule has 44 heteroatoms. The number of urea groups is 1. The van der Waals surface area contributed by atoms with E-state index in [0.29, 0.717) is 110 Å². The molecule has 0 aliphatic carbocycles. The van der Waals surface area contributed by atoms with E-state index in [1.165, 1.54) is 54.3 Å². The lowest BCUT2D eigenvalue weighted by Crippen LogP contribution is -2.40. The first-order valence-corrected chi connectivity index (χ1v) is 44.1. The lowest BCUT2D eigenvalue weighted by Gasteiger charge is -2.32. The maximum absolute atomic E-state index is 12.5. The van der Waals surface area contributed by atoms with Crippen LogP contribution in [0, 0.1) is 58.4 Å². The molecule has 0 spiro atoms. The molecule has 10 rings (SSSR count). The number of carbonyl (C=O) groups is 12. The second kappa shape index (κ2) is 42.5. The molecular formula is C83H102Br5ClIN11O26. The van der Waals surface area contributed by atoms with Crippen LogP contribution in [-0.4, -0.2) is 157 Å². The second-order valence-corrected chi connectivity index (χ2v) is 39.2. The van der Waals surface area contributed by atoms with Gasteiger partial charge in [-0.15, -0.1) is 11.6 Å². The lowest BCUT2D eigenvalue weighted by molar-refractivity contribution is -0.384. The third-order valence-electron chi connectivity index (χ3n) is 19.0. The van der Waals surface area contributed by atoms with E-state index >= 15 is 0 Å². The normalized spacial score (nSPS) is 14.7. The van der Waals surface area contributed by atoms with Crippen LogP contribution in [-0.2, 0) is 126 Å². The number of methoxy groups -OCH3 is 5. The molecule has 0 unspecified atom stereocenters. The molecule has 694 valence electrons. The number of esters is 5. The number of nitrogen functional groups attached to an aromatic ring is 1. The molecule has 0 radical (unpaired) electrons. The Bertz CT molecular complexity index is 5350. The SMILES string of the molecule is COC(=O)[C@@H](OC(C)(C)C)c1c(C)c(N)c2c(c1Br)CC(=O)N2.COC(=O)[C@@H](OC(C)(C)C)c1c(C)c(NC(=O)CCl)c2c(c1Br)CC(=O)N2.COC(=O)[C@@H](OC(C)(C)C)c1c(C)c([N+](=O)[O-])c(NC(N)=O)c(I)c1Br.COC(=O)[C@@H](OC(C)(C)C)c1c(C)c([N+](=O)[O-])c2c(c1Br)CC(=O)N2.COC(=O)[C@@H](OC(C)(C)C)c1c(C)c2c3c(c1Br)CC(=O)N3CC(=O)N2. The van der Waals surface area contributed by atoms with Crippen LogP contribution in [0.1, 0.15) is 212 Å². The number of hydrogen-bond donors (Lipinski definition) is 8. The van der Waals surface area contributed by atoms with Gasteiger partial charge in [-0.3, -0.25) is 49.0 Å². The summed E-state index contributed by atoms with van der Waals surface area (Å²) in [6.45, 7) is 35.4. The third-order valence-corrected chi connectivity index (χ3v) is 25.5. The number of rotatable bonds is 20. The highest BCUT2D eigenvalue weighted by molar-refractivity contribution is 14.1. The largest absolute Gasteiger partial charge is 0.467 e. The van der Waals surface area contributed by atoms with Crippen molar-refractivity contribution < 1.29 is 115 Å². The number of fused-ring (bicyclic) bond motifs is 3. The Morgan fingerprint density at radius 3 is 1.10 bits per heavy atom. The second-order valence-electron chi connectivity index (χ2n) is 33.9. The van der Waals surface area contributed by atoms with Crippen LogP contribution in [0.5, 0.6) is 0 Å². The number of nitro groups is 2. The number of benzene rings is 5. The summed E-state index contributed by atoms with van der Waals surface area (Å²) >= 11 is 24.8. The first-order chi connectivity index (χ1) is 58.4. The molecular weight excluding hydrogens is 2130 g/mol. The fourth-order valence-electron chi connectivity index (χ4n) is 13.9. The van der Waals surface area contributed by atoms with Crippen molar-refractivity contribution in [1.29, 1.82) is 0 Å². The highest BCUT2D eigenvalue weighted by atomic mass is 127. The average molecular weight is 2230 g/mol. The average Bonchev–Trinajstić information content (AvgIpc) is 1.60. The number of nitrogens with two attached hydrogens (primary N) is 2. The number of hydrogen-bond acceptors (Lipinski definition) is 27. The minimum absolute atomic E-state index is 0.00296. The standard InChI is InChI=1S/C18H22BrClN2O5.C18H21BrN2O5.C16H19BrN2O6.C16H21BrN2O4.C15H19BrIN3O6/c1-8-12(16(17(25)26-5)27-18(2,3)4)13(19)9-6-10(23)21-15(9)14(8)22-11(24)7-20;1-8-12(16(17(24)25-5)26-18(2,3)4)13(19)9-6-11(23)21-7-10(22)20-14(8)15(9)21;1-7-10(14(15(21)24-5)25-16(2,3)4)11(17)8-6-9(20)18-12(8)13(7)19(22)23;1-7-10(14(15(21)22-5)23-16(2,3)4)11(17)8-6-9(20)19-13(8)12(7)18;1-6-7(12(13(21)25-5)26-15(2,3)4)8(16)9(17)10(19-14(18)22)11(6)20(23)24/h16H,6-7H2,1-5H3,(H,21,23)(H,22,24);16H,6-7H2,1-5H3,(H,20,22);14H,6H2,1-5H3,(H,18,20);14H,6,18H2,1-5H3,(H,19,20);12H,1-5H3,(H3,18,19,22)/t2*16-;2*14-;12-/m00000/s1. The van der Waals surface area contributed by atoms with Crippen molar-refractivity contribution >= 4 is 242 Å². The van der Waals surface area contributed by atoms with Gasteiger partial charge in [0.25, 0.3) is 11.4 Å². The molecule has 0 aromatic heterocycles. The molecule has 5 atom stereocenters. The van der Waals surface area contributed by atoms with Crippen molar-refractivity contribution in [2.24, 2.45) is 5.73 Å². The van der Waals surface area contributed by atoms with Crippen LogP contribution < -0.4 is 48.3 Å². The molecule has 5 aromatic carbocycles. The minimum atomic E-state index is -1.20. The molecule has 37 nitrogen and oxygen atoms in total. The van der Waals surface area contributed by atoms with Crippen molar-refractivity contribution in [3.05, 3.63) is 124 Å². The zero-order valence-electron chi connectivity index (χ0n) is 74.4. The fourth-order valence-corrected chi connectivity index (χ4v) is 18.7. The minimum Gasteiger partial charge on any atom is -0.467 e. The molecule has 5 aliphatic rings. The van der Waals surface area contributed by atoms with Gasteiger partial charge < -0.3 is 95.6 Å². The summed E-state index contributed by atoms with van der Waals surface area (Å²) in [5, 5.41) is 39.0. The molecule has 5 aromatic rings. The van der Waals surface area contributed by atoms with Gasteiger partial charge in [0.1, 0.15) is 23.8 Å². The van der Waals surface area contributed by atoms with Gasteiger partial charge in [-0.25, -0.2) is 28.8 Å². The van der Waals surface area contributed by atoms with Gasteiger partial charge >= 0.3 is 35.9 Å². The number of amides is 8. The summed E-state index contributed by atoms with van der Waals surface area (Å²) in [5.74, 6) is -4.78. The summed E-state index contributed by atoms with van der Waals surface area (Å²) in [6, 6.07) is -0.944. The van der Waals surface area contributed by atoms with Gasteiger partial charge in [0.15, 0.2) is 30.5 Å². The molecule has 0 saturated heterocycles. The van der Waals surface area contributed by atoms with Crippen molar-refractivity contribution in [2.45, 2.75) is 223 Å². The van der Waals surface area contributed by atoms with E-state index in [0.717, 1.165) is 11.1 Å². The monoisotopic (exact) mass is 2230 g/mol. The number of nitro benzene ring substituents is 2. The van der Waals surface area contributed by atoms with Gasteiger partial charge in [0.05, 0.1) is 137 Å². The molecule has 10 N–H and O–H groups in total. The third kappa shape index (κ3) is 25.3. The van der Waals surface area contributed by atoms with Crippen LogP contribution >= 0.6 is 114 Å². The maximum atomic E-state index is 12.5. The van der Waals surface area contributed by atoms with Crippen LogP contribution in [0.15, 0.2) is 22.4 Å². The van der Waals surface area contributed by atoms with Crippen molar-refractivity contribution in [2.75, 3.05) is 90.5 Å². The molecule has 0 saturated carbocycles. The maximum Gasteiger partial charge on any atom is 0.339 e. The number of anilines is 8. The van der Waals surface area contributed by atoms with Gasteiger partial charge in [-0.1, -0.05) is 47.8 Å². The van der Waals surface area contributed by atoms with E-state index in [1.807, 2.05) is 84.9 Å². The van der Waals surface area contributed by atoms with Crippen molar-refractivity contribution in [3.63, 3.8) is 0 Å². The van der Waals surface area contributed by atoms with Crippen LogP contribution in [0.3, 0.4) is 0 Å². The van der Waals surface area contributed by atoms with Gasteiger partial charge in [-0.2, -0.15) is 0 Å². The number of nitrogens with zero attached hydrogens (tertiary/aromatic N) is 3. The number of alkyl halides is 1. The first kappa shape index (κ1) is 107. The highest BCUT2D eigenvalue weighted by Gasteiger charge is 2.46. The van der Waals surface area contributed by atoms with E-state index in [9.17, 15) is 77.8 Å². The smallest absolute Gasteiger partial charge is 0.339 e. The van der Waals surface area contributed by atoms with Crippen LogP contribution in [0.2, 0.25) is 0 Å². The van der Waals surface area contributed by atoms with E-state index in [2.05, 4.69) is 112 Å². The Hall–Kier alpha value is -8.64. The molecule has 0 bridgehead atoms. The van der Waals surface area contributed by atoms with Gasteiger partial charge in [0.2, 0.25) is 35.4 Å². The van der Waals surface area contributed by atoms with Gasteiger partial charge in [-0.05, 0) is 210 Å². The van der Waals surface area contributed by atoms with Crippen molar-refractivity contribution in [3.8, 4) is 0 Å². The van der Waals surface area contributed by atoms with Crippen molar-refractivity contribution in [1.82, 2.24) is 0 Å². The molecule has 5 heterocycles. The Kier molecular flexibility index (Phi) is 35.8.